The maximum atomic E-state index is 11.5. The molecule has 0 aromatic carbocycles. The summed E-state index contributed by atoms with van der Waals surface area (Å²) in [5.41, 5.74) is 5.31. The van der Waals surface area contributed by atoms with E-state index in [1.807, 2.05) is 0 Å². The Balaban J connectivity index is 4.50. The van der Waals surface area contributed by atoms with Crippen molar-refractivity contribution in [3.8, 4) is 6.07 Å². The minimum absolute atomic E-state index is 0.00949. The molecule has 4 nitrogen and oxygen atoms in total. The van der Waals surface area contributed by atoms with Crippen molar-refractivity contribution < 1.29 is 8.42 Å². The Morgan fingerprint density at radius 3 is 2.38 bits per heavy atom. The van der Waals surface area contributed by atoms with Gasteiger partial charge in [0.1, 0.15) is 5.25 Å². The zero-order chi connectivity index (χ0) is 10.5. The molecule has 2 unspecified atom stereocenters. The Morgan fingerprint density at radius 2 is 2.08 bits per heavy atom. The summed E-state index contributed by atoms with van der Waals surface area (Å²) in [6, 6.07) is 1.79. The van der Waals surface area contributed by atoms with Gasteiger partial charge in [0.05, 0.1) is 11.8 Å². The van der Waals surface area contributed by atoms with Crippen LogP contribution < -0.4 is 5.73 Å². The van der Waals surface area contributed by atoms with Crippen molar-refractivity contribution in [2.75, 3.05) is 12.3 Å². The third-order valence-electron chi connectivity index (χ3n) is 1.87. The van der Waals surface area contributed by atoms with E-state index in [2.05, 4.69) is 0 Å². The van der Waals surface area contributed by atoms with E-state index in [4.69, 9.17) is 11.0 Å². The van der Waals surface area contributed by atoms with E-state index in [-0.39, 0.29) is 11.7 Å². The molecule has 0 saturated heterocycles. The highest BCUT2D eigenvalue weighted by Gasteiger charge is 2.24. The lowest BCUT2D eigenvalue weighted by molar-refractivity contribution is 0.566. The Morgan fingerprint density at radius 1 is 1.54 bits per heavy atom. The summed E-state index contributed by atoms with van der Waals surface area (Å²) >= 11 is 0. The lowest BCUT2D eigenvalue weighted by Gasteiger charge is -2.11. The van der Waals surface area contributed by atoms with Crippen LogP contribution in [0.5, 0.6) is 0 Å². The summed E-state index contributed by atoms with van der Waals surface area (Å²) in [4.78, 5) is 0. The van der Waals surface area contributed by atoms with Crippen LogP contribution in [0.15, 0.2) is 0 Å². The Bertz CT molecular complexity index is 279. The number of hydrogen-bond donors (Lipinski definition) is 1. The second-order valence-electron chi connectivity index (χ2n) is 3.20. The molecule has 0 aliphatic carbocycles. The van der Waals surface area contributed by atoms with Crippen molar-refractivity contribution in [1.29, 1.82) is 5.26 Å². The predicted molar refractivity (Wildman–Crippen MR) is 51.7 cm³/mol. The fraction of sp³-hybridized carbons (Fsp3) is 0.875. The van der Waals surface area contributed by atoms with Crippen molar-refractivity contribution in [1.82, 2.24) is 0 Å². The predicted octanol–water partition coefficient (Wildman–Crippen LogP) is 0.298. The van der Waals surface area contributed by atoms with E-state index in [0.717, 1.165) is 0 Å². The largest absolute Gasteiger partial charge is 0.330 e. The van der Waals surface area contributed by atoms with E-state index in [0.29, 0.717) is 13.0 Å². The Labute approximate surface area is 79.7 Å². The maximum Gasteiger partial charge on any atom is 0.166 e. The van der Waals surface area contributed by atoms with Gasteiger partial charge in [-0.1, -0.05) is 13.8 Å². The molecule has 0 rings (SSSR count). The molecule has 5 heteroatoms. The van der Waals surface area contributed by atoms with Crippen LogP contribution in [0.2, 0.25) is 0 Å². The second kappa shape index (κ2) is 5.20. The first-order valence-corrected chi connectivity index (χ1v) is 6.00. The second-order valence-corrected chi connectivity index (χ2v) is 5.42. The maximum absolute atomic E-state index is 11.5. The van der Waals surface area contributed by atoms with Crippen LogP contribution in [0.4, 0.5) is 0 Å². The molecule has 2 atom stereocenters. The molecule has 0 amide bonds. The van der Waals surface area contributed by atoms with E-state index in [1.165, 1.54) is 0 Å². The van der Waals surface area contributed by atoms with Gasteiger partial charge in [0, 0.05) is 0 Å². The highest BCUT2D eigenvalue weighted by molar-refractivity contribution is 7.92. The molecule has 0 spiro atoms. The monoisotopic (exact) mass is 204 g/mol. The SMILES string of the molecule is CCC(C#N)S(=O)(=O)CC(C)CN. The van der Waals surface area contributed by atoms with Crippen molar-refractivity contribution >= 4 is 9.84 Å². The van der Waals surface area contributed by atoms with Gasteiger partial charge in [-0.05, 0) is 18.9 Å². The normalized spacial score (nSPS) is 16.2. The number of rotatable bonds is 5. The van der Waals surface area contributed by atoms with Crippen LogP contribution in [-0.2, 0) is 9.84 Å². The van der Waals surface area contributed by atoms with Crippen LogP contribution in [-0.4, -0.2) is 26.0 Å². The van der Waals surface area contributed by atoms with Gasteiger partial charge in [-0.15, -0.1) is 0 Å². The number of nitrogens with zero attached hydrogens (tertiary/aromatic N) is 1. The topological polar surface area (TPSA) is 84.0 Å². The molecule has 76 valence electrons. The minimum Gasteiger partial charge on any atom is -0.330 e. The van der Waals surface area contributed by atoms with Gasteiger partial charge in [-0.25, -0.2) is 8.42 Å². The van der Waals surface area contributed by atoms with Gasteiger partial charge < -0.3 is 5.73 Å². The first kappa shape index (κ1) is 12.4. The summed E-state index contributed by atoms with van der Waals surface area (Å²) in [6.45, 7) is 3.79. The molecule has 0 radical (unpaired) electrons. The summed E-state index contributed by atoms with van der Waals surface area (Å²) in [5.74, 6) is -0.0670. The van der Waals surface area contributed by atoms with Crippen LogP contribution in [0.3, 0.4) is 0 Å². The van der Waals surface area contributed by atoms with Crippen LogP contribution in [0, 0.1) is 17.2 Å². The molecule has 0 saturated carbocycles. The third kappa shape index (κ3) is 3.75. The smallest absolute Gasteiger partial charge is 0.166 e. The van der Waals surface area contributed by atoms with Crippen molar-refractivity contribution in [2.24, 2.45) is 11.7 Å². The van der Waals surface area contributed by atoms with Crippen molar-refractivity contribution in [2.45, 2.75) is 25.5 Å². The van der Waals surface area contributed by atoms with Gasteiger partial charge >= 0.3 is 0 Å². The lowest BCUT2D eigenvalue weighted by Crippen LogP contribution is -2.28. The minimum atomic E-state index is -3.27. The zero-order valence-corrected chi connectivity index (χ0v) is 8.84. The van der Waals surface area contributed by atoms with Crippen LogP contribution in [0.1, 0.15) is 20.3 Å². The van der Waals surface area contributed by atoms with Crippen LogP contribution >= 0.6 is 0 Å². The van der Waals surface area contributed by atoms with E-state index in [9.17, 15) is 8.42 Å². The van der Waals surface area contributed by atoms with E-state index >= 15 is 0 Å². The molecular weight excluding hydrogens is 188 g/mol. The molecule has 13 heavy (non-hydrogen) atoms. The highest BCUT2D eigenvalue weighted by Crippen LogP contribution is 2.09. The highest BCUT2D eigenvalue weighted by atomic mass is 32.2. The van der Waals surface area contributed by atoms with Gasteiger partial charge in [0.25, 0.3) is 0 Å². The lowest BCUT2D eigenvalue weighted by atomic mass is 10.2. The first-order chi connectivity index (χ1) is 5.97. The summed E-state index contributed by atoms with van der Waals surface area (Å²) in [5, 5.41) is 7.71. The van der Waals surface area contributed by atoms with Gasteiger partial charge in [0.2, 0.25) is 0 Å². The van der Waals surface area contributed by atoms with Crippen molar-refractivity contribution in [3.05, 3.63) is 0 Å². The van der Waals surface area contributed by atoms with E-state index in [1.54, 1.807) is 19.9 Å². The van der Waals surface area contributed by atoms with Gasteiger partial charge in [-0.2, -0.15) is 5.26 Å². The molecule has 0 aromatic rings. The third-order valence-corrected chi connectivity index (χ3v) is 4.21. The molecule has 0 heterocycles. The van der Waals surface area contributed by atoms with Gasteiger partial charge in [-0.3, -0.25) is 0 Å². The standard InChI is InChI=1S/C8H16N2O2S/c1-3-8(5-10)13(11,12)6-7(2)4-9/h7-8H,3-4,6,9H2,1-2H3. The molecule has 0 aliphatic heterocycles. The number of sulfone groups is 1. The fourth-order valence-electron chi connectivity index (χ4n) is 1.01. The fourth-order valence-corrected chi connectivity index (χ4v) is 2.84. The molecule has 0 aliphatic rings. The molecule has 0 bridgehead atoms. The molecule has 0 aromatic heterocycles. The van der Waals surface area contributed by atoms with E-state index < -0.39 is 15.1 Å². The Kier molecular flexibility index (Phi) is 4.96. The van der Waals surface area contributed by atoms with Gasteiger partial charge in [0.15, 0.2) is 9.84 Å². The first-order valence-electron chi connectivity index (χ1n) is 4.29. The molecule has 0 fully saturated rings. The average Bonchev–Trinajstić information content (AvgIpc) is 2.05. The quantitative estimate of drug-likeness (QED) is 0.698. The molecule has 2 N–H and O–H groups in total. The number of nitriles is 1. The zero-order valence-electron chi connectivity index (χ0n) is 8.03. The van der Waals surface area contributed by atoms with Crippen molar-refractivity contribution in [3.63, 3.8) is 0 Å². The average molecular weight is 204 g/mol. The Hall–Kier alpha value is -0.600. The summed E-state index contributed by atoms with van der Waals surface area (Å²) in [7, 11) is -3.27. The number of nitrogens with two attached hydrogens (primary N) is 1. The van der Waals surface area contributed by atoms with Crippen LogP contribution in [0.25, 0.3) is 0 Å². The molecular formula is C8H16N2O2S. The summed E-state index contributed by atoms with van der Waals surface area (Å²) < 4.78 is 23.0. The number of hydrogen-bond acceptors (Lipinski definition) is 4. The summed E-state index contributed by atoms with van der Waals surface area (Å²) in [6.07, 6.45) is 0.343.